The molecule has 4 rings (SSSR count). The second-order valence-electron chi connectivity index (χ2n) is 7.88. The Labute approximate surface area is 195 Å². The minimum atomic E-state index is -3.54. The molecule has 33 heavy (non-hydrogen) atoms. The first-order chi connectivity index (χ1) is 15.7. The summed E-state index contributed by atoms with van der Waals surface area (Å²) in [5.74, 6) is -2.03. The van der Waals surface area contributed by atoms with Crippen molar-refractivity contribution in [3.63, 3.8) is 0 Å². The van der Waals surface area contributed by atoms with Crippen LogP contribution in [0.5, 0.6) is 0 Å². The van der Waals surface area contributed by atoms with Gasteiger partial charge in [0, 0.05) is 24.5 Å². The monoisotopic (exact) mass is 491 g/mol. The number of hydrogen-bond acceptors (Lipinski definition) is 5. The van der Waals surface area contributed by atoms with Crippen molar-refractivity contribution in [2.75, 3.05) is 24.2 Å². The SMILES string of the molecule is Cc1cc(SCC(=O)Nc2ccc(F)cc2F)nc2ccc(S(=O)(=O)N3CCCCC3)cc12. The molecule has 0 bridgehead atoms. The highest BCUT2D eigenvalue weighted by atomic mass is 32.2. The summed E-state index contributed by atoms with van der Waals surface area (Å²) in [6, 6.07) is 9.63. The predicted octanol–water partition coefficient (Wildman–Crippen LogP) is 4.73. The molecule has 1 aliphatic heterocycles. The Bertz CT molecular complexity index is 1310. The summed E-state index contributed by atoms with van der Waals surface area (Å²) in [6.45, 7) is 2.94. The number of sulfonamides is 1. The van der Waals surface area contributed by atoms with Crippen molar-refractivity contribution in [2.45, 2.75) is 36.1 Å². The molecule has 6 nitrogen and oxygen atoms in total. The average Bonchev–Trinajstić information content (AvgIpc) is 2.80. The molecule has 2 aromatic carbocycles. The smallest absolute Gasteiger partial charge is 0.243 e. The van der Waals surface area contributed by atoms with Gasteiger partial charge in [-0.05, 0) is 61.7 Å². The first-order valence-electron chi connectivity index (χ1n) is 10.5. The van der Waals surface area contributed by atoms with Crippen molar-refractivity contribution in [2.24, 2.45) is 0 Å². The molecular formula is C23H23F2N3O3S2. The number of nitrogens with zero attached hydrogens (tertiary/aromatic N) is 2. The van der Waals surface area contributed by atoms with Crippen molar-refractivity contribution in [1.82, 2.24) is 9.29 Å². The van der Waals surface area contributed by atoms with E-state index in [-0.39, 0.29) is 16.3 Å². The Hall–Kier alpha value is -2.56. The summed E-state index contributed by atoms with van der Waals surface area (Å²) >= 11 is 1.17. The number of amides is 1. The van der Waals surface area contributed by atoms with Gasteiger partial charge in [0.05, 0.1) is 26.9 Å². The first kappa shape index (κ1) is 23.6. The van der Waals surface area contributed by atoms with E-state index in [1.807, 2.05) is 6.92 Å². The van der Waals surface area contributed by atoms with E-state index < -0.39 is 27.6 Å². The van der Waals surface area contributed by atoms with Crippen molar-refractivity contribution in [3.8, 4) is 0 Å². The van der Waals surface area contributed by atoms with E-state index in [9.17, 15) is 22.0 Å². The molecule has 0 aliphatic carbocycles. The van der Waals surface area contributed by atoms with Gasteiger partial charge in [0.25, 0.3) is 0 Å². The summed E-state index contributed by atoms with van der Waals surface area (Å²) in [4.78, 5) is 17.0. The number of anilines is 1. The number of carbonyl (C=O) groups excluding carboxylic acids is 1. The van der Waals surface area contributed by atoms with Crippen molar-refractivity contribution < 1.29 is 22.0 Å². The molecule has 3 aromatic rings. The van der Waals surface area contributed by atoms with Crippen LogP contribution in [0.3, 0.4) is 0 Å². The largest absolute Gasteiger partial charge is 0.323 e. The molecule has 0 atom stereocenters. The number of rotatable bonds is 6. The number of fused-ring (bicyclic) bond motifs is 1. The van der Waals surface area contributed by atoms with Gasteiger partial charge in [0.15, 0.2) is 0 Å². The molecule has 10 heteroatoms. The lowest BCUT2D eigenvalue weighted by atomic mass is 10.1. The van der Waals surface area contributed by atoms with Crippen molar-refractivity contribution in [1.29, 1.82) is 0 Å². The van der Waals surface area contributed by atoms with Gasteiger partial charge in [-0.15, -0.1) is 0 Å². The van der Waals surface area contributed by atoms with Gasteiger partial charge >= 0.3 is 0 Å². The second kappa shape index (κ2) is 9.74. The van der Waals surface area contributed by atoms with Gasteiger partial charge < -0.3 is 5.32 Å². The number of halogens is 2. The Balaban J connectivity index is 1.48. The van der Waals surface area contributed by atoms with Crippen LogP contribution in [-0.4, -0.2) is 42.5 Å². The van der Waals surface area contributed by atoms with E-state index in [2.05, 4.69) is 10.3 Å². The molecule has 1 aromatic heterocycles. The lowest BCUT2D eigenvalue weighted by Crippen LogP contribution is -2.35. The standard InChI is InChI=1S/C23H23F2N3O3S2/c1-15-11-23(32-14-22(29)26-21-7-5-16(24)12-19(21)25)27-20-8-6-17(13-18(15)20)33(30,31)28-9-3-2-4-10-28/h5-8,11-13H,2-4,9-10,14H2,1H3,(H,26,29). The molecule has 1 saturated heterocycles. The van der Waals surface area contributed by atoms with Gasteiger partial charge in [-0.25, -0.2) is 22.2 Å². The highest BCUT2D eigenvalue weighted by molar-refractivity contribution is 7.99. The number of aryl methyl sites for hydroxylation is 1. The van der Waals surface area contributed by atoms with Gasteiger partial charge in [-0.2, -0.15) is 4.31 Å². The summed E-state index contributed by atoms with van der Waals surface area (Å²) in [5, 5.41) is 3.73. The highest BCUT2D eigenvalue weighted by Gasteiger charge is 2.26. The minimum Gasteiger partial charge on any atom is -0.323 e. The fourth-order valence-electron chi connectivity index (χ4n) is 3.75. The van der Waals surface area contributed by atoms with Gasteiger partial charge in [-0.1, -0.05) is 18.2 Å². The van der Waals surface area contributed by atoms with E-state index in [1.54, 1.807) is 24.3 Å². The van der Waals surface area contributed by atoms with E-state index in [0.29, 0.717) is 29.7 Å². The Kier molecular flexibility index (Phi) is 6.96. The molecule has 2 heterocycles. The van der Waals surface area contributed by atoms with E-state index in [1.165, 1.54) is 22.1 Å². The van der Waals surface area contributed by atoms with Crippen LogP contribution in [0.15, 0.2) is 52.4 Å². The zero-order valence-corrected chi connectivity index (χ0v) is 19.6. The predicted molar refractivity (Wildman–Crippen MR) is 125 cm³/mol. The molecule has 1 fully saturated rings. The number of pyridine rings is 1. The third kappa shape index (κ3) is 5.34. The fraction of sp³-hybridized carbons (Fsp3) is 0.304. The molecule has 174 valence electrons. The lowest BCUT2D eigenvalue weighted by molar-refractivity contribution is -0.113. The Morgan fingerprint density at radius 1 is 1.09 bits per heavy atom. The van der Waals surface area contributed by atoms with Crippen molar-refractivity contribution >= 4 is 44.3 Å². The molecular weight excluding hydrogens is 468 g/mol. The van der Waals surface area contributed by atoms with Crippen molar-refractivity contribution in [3.05, 3.63) is 59.7 Å². The van der Waals surface area contributed by atoms with Crippen LogP contribution < -0.4 is 5.32 Å². The Morgan fingerprint density at radius 3 is 2.58 bits per heavy atom. The zero-order chi connectivity index (χ0) is 23.6. The molecule has 0 saturated carbocycles. The van der Waals surface area contributed by atoms with Crippen LogP contribution in [0, 0.1) is 18.6 Å². The van der Waals surface area contributed by atoms with Crippen LogP contribution in [0.25, 0.3) is 10.9 Å². The number of piperidine rings is 1. The number of nitrogens with one attached hydrogen (secondary N) is 1. The number of aromatic nitrogens is 1. The lowest BCUT2D eigenvalue weighted by Gasteiger charge is -2.26. The molecule has 0 unspecified atom stereocenters. The van der Waals surface area contributed by atoms with Crippen LogP contribution in [-0.2, 0) is 14.8 Å². The minimum absolute atomic E-state index is 0.0177. The zero-order valence-electron chi connectivity index (χ0n) is 18.0. The van der Waals surface area contributed by atoms with Gasteiger partial charge in [-0.3, -0.25) is 4.79 Å². The third-order valence-electron chi connectivity index (χ3n) is 5.47. The second-order valence-corrected chi connectivity index (χ2v) is 10.8. The van der Waals surface area contributed by atoms with Gasteiger partial charge in [0.1, 0.15) is 11.6 Å². The average molecular weight is 492 g/mol. The van der Waals surface area contributed by atoms with Crippen LogP contribution >= 0.6 is 11.8 Å². The summed E-state index contributed by atoms with van der Waals surface area (Å²) < 4.78 is 54.2. The highest BCUT2D eigenvalue weighted by Crippen LogP contribution is 2.28. The maximum Gasteiger partial charge on any atom is 0.243 e. The Morgan fingerprint density at radius 2 is 1.85 bits per heavy atom. The quantitative estimate of drug-likeness (QED) is 0.505. The van der Waals surface area contributed by atoms with Crippen LogP contribution in [0.4, 0.5) is 14.5 Å². The third-order valence-corrected chi connectivity index (χ3v) is 8.28. The molecule has 1 N–H and O–H groups in total. The first-order valence-corrected chi connectivity index (χ1v) is 13.0. The van der Waals surface area contributed by atoms with Gasteiger partial charge in [0.2, 0.25) is 15.9 Å². The molecule has 0 spiro atoms. The number of benzene rings is 2. The summed E-state index contributed by atoms with van der Waals surface area (Å²) in [6.07, 6.45) is 2.79. The van der Waals surface area contributed by atoms with E-state index in [4.69, 9.17) is 0 Å². The van der Waals surface area contributed by atoms with Crippen LogP contribution in [0.1, 0.15) is 24.8 Å². The summed E-state index contributed by atoms with van der Waals surface area (Å²) in [7, 11) is -3.54. The van der Waals surface area contributed by atoms with Crippen LogP contribution in [0.2, 0.25) is 0 Å². The molecule has 1 aliphatic rings. The normalized spacial score (nSPS) is 15.0. The molecule has 1 amide bonds. The van der Waals surface area contributed by atoms with E-state index >= 15 is 0 Å². The summed E-state index contributed by atoms with van der Waals surface area (Å²) in [5.41, 5.74) is 1.37. The number of thioether (sulfide) groups is 1. The number of hydrogen-bond donors (Lipinski definition) is 1. The topological polar surface area (TPSA) is 79.4 Å². The fourth-order valence-corrected chi connectivity index (χ4v) is 6.07. The maximum absolute atomic E-state index is 13.7. The maximum atomic E-state index is 13.7. The molecule has 0 radical (unpaired) electrons. The van der Waals surface area contributed by atoms with E-state index in [0.717, 1.165) is 36.3 Å². The number of carbonyl (C=O) groups is 1.